The van der Waals surface area contributed by atoms with Crippen molar-refractivity contribution in [2.45, 2.75) is 44.7 Å². The van der Waals surface area contributed by atoms with Crippen molar-refractivity contribution in [3.63, 3.8) is 0 Å². The van der Waals surface area contributed by atoms with Crippen molar-refractivity contribution in [2.75, 3.05) is 24.6 Å². The summed E-state index contributed by atoms with van der Waals surface area (Å²) in [5.74, 6) is 2.44. The zero-order valence-corrected chi connectivity index (χ0v) is 10.9. The van der Waals surface area contributed by atoms with Crippen LogP contribution in [0.1, 0.15) is 32.6 Å². The molecular formula is C12H22N2OS. The smallest absolute Gasteiger partial charge is 0.240 e. The third kappa shape index (κ3) is 2.72. The van der Waals surface area contributed by atoms with Crippen LogP contribution in [0, 0.1) is 0 Å². The number of hydrogen-bond donors (Lipinski definition) is 1. The highest BCUT2D eigenvalue weighted by molar-refractivity contribution is 7.99. The van der Waals surface area contributed by atoms with Gasteiger partial charge in [0.2, 0.25) is 5.91 Å². The summed E-state index contributed by atoms with van der Waals surface area (Å²) in [6.07, 6.45) is 4.77. The summed E-state index contributed by atoms with van der Waals surface area (Å²) in [5.41, 5.74) is 0. The second-order valence-corrected chi connectivity index (χ2v) is 5.82. The van der Waals surface area contributed by atoms with Gasteiger partial charge >= 0.3 is 0 Å². The van der Waals surface area contributed by atoms with Crippen LogP contribution in [-0.2, 0) is 4.79 Å². The molecule has 4 heteroatoms. The molecule has 2 heterocycles. The molecule has 0 aromatic heterocycles. The summed E-state index contributed by atoms with van der Waals surface area (Å²) in [4.78, 5) is 14.5. The number of nitrogens with one attached hydrogen (secondary N) is 1. The normalized spacial score (nSPS) is 31.4. The van der Waals surface area contributed by atoms with E-state index in [2.05, 4.69) is 17.1 Å². The number of hydrogen-bond acceptors (Lipinski definition) is 3. The van der Waals surface area contributed by atoms with E-state index in [9.17, 15) is 4.79 Å². The molecule has 0 aromatic rings. The molecule has 2 fully saturated rings. The van der Waals surface area contributed by atoms with E-state index in [0.717, 1.165) is 31.0 Å². The number of amides is 1. The lowest BCUT2D eigenvalue weighted by Crippen LogP contribution is -2.54. The van der Waals surface area contributed by atoms with E-state index in [1.54, 1.807) is 0 Å². The summed E-state index contributed by atoms with van der Waals surface area (Å²) in [5, 5.41) is 3.35. The van der Waals surface area contributed by atoms with Crippen molar-refractivity contribution in [1.82, 2.24) is 10.2 Å². The first-order chi connectivity index (χ1) is 7.83. The van der Waals surface area contributed by atoms with Gasteiger partial charge in [0, 0.05) is 30.6 Å². The van der Waals surface area contributed by atoms with Crippen LogP contribution >= 0.6 is 11.8 Å². The zero-order chi connectivity index (χ0) is 11.4. The van der Waals surface area contributed by atoms with Crippen molar-refractivity contribution in [3.05, 3.63) is 0 Å². The predicted octanol–water partition coefficient (Wildman–Crippen LogP) is 1.48. The van der Waals surface area contributed by atoms with E-state index >= 15 is 0 Å². The molecule has 16 heavy (non-hydrogen) atoms. The fourth-order valence-corrected chi connectivity index (χ4v) is 3.56. The van der Waals surface area contributed by atoms with Gasteiger partial charge < -0.3 is 10.2 Å². The Labute approximate surface area is 102 Å². The Kier molecular flexibility index (Phi) is 4.53. The summed E-state index contributed by atoms with van der Waals surface area (Å²) in [6, 6.07) is 0.570. The van der Waals surface area contributed by atoms with Crippen LogP contribution in [0.5, 0.6) is 0 Å². The van der Waals surface area contributed by atoms with Gasteiger partial charge in [-0.1, -0.05) is 6.92 Å². The van der Waals surface area contributed by atoms with Crippen LogP contribution in [0.25, 0.3) is 0 Å². The average Bonchev–Trinajstić information content (AvgIpc) is 2.39. The Morgan fingerprint density at radius 2 is 2.38 bits per heavy atom. The van der Waals surface area contributed by atoms with E-state index in [1.165, 1.54) is 19.3 Å². The third-order valence-corrected chi connectivity index (χ3v) is 4.66. The number of carbonyl (C=O) groups is 1. The van der Waals surface area contributed by atoms with Crippen molar-refractivity contribution in [2.24, 2.45) is 0 Å². The molecule has 0 spiro atoms. The largest absolute Gasteiger partial charge is 0.338 e. The van der Waals surface area contributed by atoms with Gasteiger partial charge in [0.1, 0.15) is 0 Å². The molecule has 0 bridgehead atoms. The fraction of sp³-hybridized carbons (Fsp3) is 0.917. The van der Waals surface area contributed by atoms with Gasteiger partial charge in [-0.15, -0.1) is 0 Å². The van der Waals surface area contributed by atoms with Crippen molar-refractivity contribution in [3.8, 4) is 0 Å². The fourth-order valence-electron chi connectivity index (χ4n) is 2.64. The average molecular weight is 242 g/mol. The van der Waals surface area contributed by atoms with Crippen molar-refractivity contribution < 1.29 is 4.79 Å². The maximum Gasteiger partial charge on any atom is 0.240 e. The number of carbonyl (C=O) groups excluding carboxylic acids is 1. The highest BCUT2D eigenvalue weighted by Gasteiger charge is 2.31. The number of likely N-dealkylation sites (tertiary alicyclic amines) is 1. The molecule has 2 atom stereocenters. The van der Waals surface area contributed by atoms with Gasteiger partial charge in [-0.05, 0) is 25.7 Å². The molecule has 0 saturated carbocycles. The number of thioether (sulfide) groups is 1. The standard InChI is InChI=1S/C12H22N2OS/c1-2-10-5-3-4-7-14(10)12(15)11-9-16-8-6-13-11/h10-11,13H,2-9H2,1H3. The maximum absolute atomic E-state index is 12.4. The molecule has 0 aromatic carbocycles. The molecule has 2 saturated heterocycles. The third-order valence-electron chi connectivity index (χ3n) is 3.60. The minimum absolute atomic E-state index is 0.0749. The van der Waals surface area contributed by atoms with Crippen molar-refractivity contribution >= 4 is 17.7 Å². The van der Waals surface area contributed by atoms with E-state index < -0.39 is 0 Å². The monoisotopic (exact) mass is 242 g/mol. The lowest BCUT2D eigenvalue weighted by Gasteiger charge is -2.38. The van der Waals surface area contributed by atoms with Gasteiger partial charge in [0.15, 0.2) is 0 Å². The minimum atomic E-state index is 0.0749. The molecule has 1 amide bonds. The first-order valence-corrected chi connectivity index (χ1v) is 7.60. The molecule has 0 radical (unpaired) electrons. The number of rotatable bonds is 2. The zero-order valence-electron chi connectivity index (χ0n) is 10.1. The molecule has 2 unspecified atom stereocenters. The highest BCUT2D eigenvalue weighted by Crippen LogP contribution is 2.21. The van der Waals surface area contributed by atoms with Crippen LogP contribution in [0.2, 0.25) is 0 Å². The lowest BCUT2D eigenvalue weighted by atomic mass is 9.99. The number of nitrogens with zero attached hydrogens (tertiary/aromatic N) is 1. The predicted molar refractivity (Wildman–Crippen MR) is 68.8 cm³/mol. The Morgan fingerprint density at radius 1 is 1.50 bits per heavy atom. The minimum Gasteiger partial charge on any atom is -0.338 e. The van der Waals surface area contributed by atoms with Crippen LogP contribution in [-0.4, -0.2) is 47.5 Å². The topological polar surface area (TPSA) is 32.3 Å². The summed E-state index contributed by atoms with van der Waals surface area (Å²) in [6.45, 7) is 4.14. The van der Waals surface area contributed by atoms with Gasteiger partial charge in [-0.3, -0.25) is 4.79 Å². The van der Waals surface area contributed by atoms with Crippen LogP contribution in [0.3, 0.4) is 0 Å². The van der Waals surface area contributed by atoms with E-state index in [-0.39, 0.29) is 6.04 Å². The quantitative estimate of drug-likeness (QED) is 0.796. The Balaban J connectivity index is 1.95. The van der Waals surface area contributed by atoms with Crippen molar-refractivity contribution in [1.29, 1.82) is 0 Å². The molecule has 1 N–H and O–H groups in total. The van der Waals surface area contributed by atoms with Gasteiger partial charge in [0.25, 0.3) is 0 Å². The molecule has 2 rings (SSSR count). The molecule has 92 valence electrons. The molecule has 0 aliphatic carbocycles. The molecule has 2 aliphatic rings. The van der Waals surface area contributed by atoms with E-state index in [4.69, 9.17) is 0 Å². The van der Waals surface area contributed by atoms with Crippen LogP contribution in [0.15, 0.2) is 0 Å². The van der Waals surface area contributed by atoms with E-state index in [0.29, 0.717) is 11.9 Å². The second kappa shape index (κ2) is 5.92. The molecular weight excluding hydrogens is 220 g/mol. The first-order valence-electron chi connectivity index (χ1n) is 6.44. The van der Waals surface area contributed by atoms with Gasteiger partial charge in [-0.2, -0.15) is 11.8 Å². The van der Waals surface area contributed by atoms with Crippen LogP contribution < -0.4 is 5.32 Å². The number of piperidine rings is 1. The summed E-state index contributed by atoms with van der Waals surface area (Å²) in [7, 11) is 0. The second-order valence-electron chi connectivity index (χ2n) is 4.67. The summed E-state index contributed by atoms with van der Waals surface area (Å²) >= 11 is 1.89. The van der Waals surface area contributed by atoms with Gasteiger partial charge in [-0.25, -0.2) is 0 Å². The Bertz CT molecular complexity index is 241. The Morgan fingerprint density at radius 3 is 3.06 bits per heavy atom. The SMILES string of the molecule is CCC1CCCCN1C(=O)C1CSCCN1. The Hall–Kier alpha value is -0.220. The van der Waals surface area contributed by atoms with Gasteiger partial charge in [0.05, 0.1) is 6.04 Å². The molecule has 2 aliphatic heterocycles. The van der Waals surface area contributed by atoms with E-state index in [1.807, 2.05) is 11.8 Å². The van der Waals surface area contributed by atoms with Crippen LogP contribution in [0.4, 0.5) is 0 Å². The highest BCUT2D eigenvalue weighted by atomic mass is 32.2. The first kappa shape index (κ1) is 12.2. The molecule has 3 nitrogen and oxygen atoms in total. The summed E-state index contributed by atoms with van der Waals surface area (Å²) < 4.78 is 0. The lowest BCUT2D eigenvalue weighted by molar-refractivity contribution is -0.136. The maximum atomic E-state index is 12.4.